The Labute approximate surface area is 190 Å². The van der Waals surface area contributed by atoms with Crippen molar-refractivity contribution >= 4 is 27.5 Å². The predicted molar refractivity (Wildman–Crippen MR) is 124 cm³/mol. The van der Waals surface area contributed by atoms with E-state index in [-0.39, 0.29) is 10.8 Å². The lowest BCUT2D eigenvalue weighted by molar-refractivity contribution is -0.131. The Bertz CT molecular complexity index is 962. The number of nitrogens with zero attached hydrogens (tertiary/aromatic N) is 1. The first-order valence-corrected chi connectivity index (χ1v) is 12.3. The van der Waals surface area contributed by atoms with Crippen LogP contribution < -0.4 is 9.46 Å². The molecule has 0 saturated carbocycles. The molecule has 0 unspecified atom stereocenters. The number of benzene rings is 2. The molecule has 0 heterocycles. The quantitative estimate of drug-likeness (QED) is 0.470. The maximum atomic E-state index is 12.9. The van der Waals surface area contributed by atoms with Crippen LogP contribution in [0, 0.1) is 0 Å². The molecule has 0 aliphatic rings. The maximum Gasteiger partial charge on any atom is 0.240 e. The van der Waals surface area contributed by atoms with E-state index >= 15 is 0 Å². The van der Waals surface area contributed by atoms with Crippen molar-refractivity contribution in [2.75, 3.05) is 20.7 Å². The number of hydrogen-bond acceptors (Lipinski definition) is 4. The number of hydrogen-bond donors (Lipinski definition) is 1. The molecule has 1 amide bonds. The molecule has 0 fully saturated rings. The Balaban J connectivity index is 2.15. The summed E-state index contributed by atoms with van der Waals surface area (Å²) in [4.78, 5) is 15.0. The molecule has 8 heteroatoms. The molecule has 0 radical (unpaired) electrons. The average Bonchev–Trinajstić information content (AvgIpc) is 2.77. The third-order valence-corrected chi connectivity index (χ3v) is 6.79. The highest BCUT2D eigenvalue weighted by atomic mass is 35.5. The van der Waals surface area contributed by atoms with Crippen molar-refractivity contribution in [2.24, 2.45) is 0 Å². The second kappa shape index (κ2) is 12.1. The fraction of sp³-hybridized carbons (Fsp3) is 0.435. The molecule has 2 rings (SSSR count). The zero-order valence-corrected chi connectivity index (χ0v) is 19.9. The maximum absolute atomic E-state index is 12.9. The van der Waals surface area contributed by atoms with Crippen LogP contribution in [0.25, 0.3) is 0 Å². The molecule has 0 bridgehead atoms. The highest BCUT2D eigenvalue weighted by molar-refractivity contribution is 7.89. The third kappa shape index (κ3) is 7.52. The van der Waals surface area contributed by atoms with E-state index in [0.29, 0.717) is 36.7 Å². The number of methoxy groups -OCH3 is 1. The minimum atomic E-state index is -3.47. The van der Waals surface area contributed by atoms with E-state index < -0.39 is 10.0 Å². The topological polar surface area (TPSA) is 75.7 Å². The number of unbranched alkanes of at least 4 members (excludes halogenated alkanes) is 2. The van der Waals surface area contributed by atoms with Crippen molar-refractivity contribution < 1.29 is 17.9 Å². The molecule has 0 aromatic heterocycles. The van der Waals surface area contributed by atoms with Gasteiger partial charge in [0.25, 0.3) is 0 Å². The van der Waals surface area contributed by atoms with Crippen LogP contribution in [0.3, 0.4) is 0 Å². The smallest absolute Gasteiger partial charge is 0.240 e. The van der Waals surface area contributed by atoms with Gasteiger partial charge in [0.1, 0.15) is 5.75 Å². The highest BCUT2D eigenvalue weighted by Gasteiger charge is 2.17. The number of nitrogens with one attached hydrogen (secondary N) is 1. The third-order valence-electron chi connectivity index (χ3n) is 5.12. The second-order valence-electron chi connectivity index (χ2n) is 7.33. The molecule has 6 nitrogen and oxygen atoms in total. The van der Waals surface area contributed by atoms with Gasteiger partial charge in [0.05, 0.1) is 12.0 Å². The van der Waals surface area contributed by atoms with E-state index in [9.17, 15) is 13.2 Å². The molecular formula is C23H31ClN2O4S. The predicted octanol–water partition coefficient (Wildman–Crippen LogP) is 4.41. The van der Waals surface area contributed by atoms with Crippen LogP contribution >= 0.6 is 11.6 Å². The van der Waals surface area contributed by atoms with Crippen molar-refractivity contribution in [3.8, 4) is 5.75 Å². The van der Waals surface area contributed by atoms with Gasteiger partial charge in [-0.1, -0.05) is 43.5 Å². The standard InChI is InChI=1S/C23H31ClN2O4S/c1-4-5-6-7-23(27)26(17-19-16-20(24)10-13-22(19)30-3)15-14-18-8-11-21(12-9-18)31(28,29)25-2/h8-13,16,25H,4-7,14-15,17H2,1-3H3. The molecule has 31 heavy (non-hydrogen) atoms. The van der Waals surface area contributed by atoms with E-state index in [1.165, 1.54) is 7.05 Å². The van der Waals surface area contributed by atoms with Crippen molar-refractivity contribution in [3.63, 3.8) is 0 Å². The second-order valence-corrected chi connectivity index (χ2v) is 9.65. The molecule has 0 spiro atoms. The number of carbonyl (C=O) groups excluding carboxylic acids is 1. The van der Waals surface area contributed by atoms with E-state index in [1.807, 2.05) is 11.0 Å². The van der Waals surface area contributed by atoms with Crippen LogP contribution in [0.2, 0.25) is 5.02 Å². The summed E-state index contributed by atoms with van der Waals surface area (Å²) in [6.45, 7) is 3.02. The lowest BCUT2D eigenvalue weighted by Crippen LogP contribution is -2.32. The molecule has 0 aliphatic carbocycles. The van der Waals surface area contributed by atoms with Gasteiger partial charge < -0.3 is 9.64 Å². The minimum Gasteiger partial charge on any atom is -0.496 e. The number of ether oxygens (including phenoxy) is 1. The molecule has 170 valence electrons. The van der Waals surface area contributed by atoms with Gasteiger partial charge >= 0.3 is 0 Å². The Hall–Kier alpha value is -2.09. The van der Waals surface area contributed by atoms with Crippen molar-refractivity contribution in [2.45, 2.75) is 50.5 Å². The summed E-state index contributed by atoms with van der Waals surface area (Å²) in [5.41, 5.74) is 1.81. The zero-order chi connectivity index (χ0) is 22.9. The molecule has 2 aromatic carbocycles. The molecule has 0 atom stereocenters. The summed E-state index contributed by atoms with van der Waals surface area (Å²) >= 11 is 6.16. The van der Waals surface area contributed by atoms with E-state index in [1.54, 1.807) is 43.5 Å². The molecular weight excluding hydrogens is 436 g/mol. The Morgan fingerprint density at radius 1 is 1.13 bits per heavy atom. The summed E-state index contributed by atoms with van der Waals surface area (Å²) in [5.74, 6) is 0.780. The van der Waals surface area contributed by atoms with Gasteiger partial charge in [-0.2, -0.15) is 0 Å². The fourth-order valence-corrected chi connectivity index (χ4v) is 4.19. The first kappa shape index (κ1) is 25.2. The molecule has 2 aromatic rings. The van der Waals surface area contributed by atoms with E-state index in [0.717, 1.165) is 30.4 Å². The first-order chi connectivity index (χ1) is 14.8. The summed E-state index contributed by atoms with van der Waals surface area (Å²) < 4.78 is 31.5. The normalized spacial score (nSPS) is 11.4. The van der Waals surface area contributed by atoms with Crippen molar-refractivity contribution in [1.29, 1.82) is 0 Å². The van der Waals surface area contributed by atoms with Gasteiger partial charge in [-0.3, -0.25) is 4.79 Å². The number of amides is 1. The monoisotopic (exact) mass is 466 g/mol. The summed E-state index contributed by atoms with van der Waals surface area (Å²) in [6.07, 6.45) is 4.03. The number of carbonyl (C=O) groups is 1. The Morgan fingerprint density at radius 3 is 2.45 bits per heavy atom. The largest absolute Gasteiger partial charge is 0.496 e. The summed E-state index contributed by atoms with van der Waals surface area (Å²) in [5, 5.41) is 0.593. The SMILES string of the molecule is CCCCCC(=O)N(CCc1ccc(S(=O)(=O)NC)cc1)Cc1cc(Cl)ccc1OC. The highest BCUT2D eigenvalue weighted by Crippen LogP contribution is 2.25. The molecule has 1 N–H and O–H groups in total. The lowest BCUT2D eigenvalue weighted by Gasteiger charge is -2.24. The van der Waals surface area contributed by atoms with Gasteiger partial charge in [-0.25, -0.2) is 13.1 Å². The van der Waals surface area contributed by atoms with Gasteiger partial charge in [-0.05, 0) is 55.8 Å². The first-order valence-electron chi connectivity index (χ1n) is 10.4. The van der Waals surface area contributed by atoms with Crippen LogP contribution in [-0.2, 0) is 27.8 Å². The van der Waals surface area contributed by atoms with Crippen LogP contribution in [0.5, 0.6) is 5.75 Å². The minimum absolute atomic E-state index is 0.0878. The van der Waals surface area contributed by atoms with Gasteiger partial charge in [0.15, 0.2) is 0 Å². The number of sulfonamides is 1. The molecule has 0 saturated heterocycles. The van der Waals surface area contributed by atoms with Gasteiger partial charge in [0, 0.05) is 30.1 Å². The summed E-state index contributed by atoms with van der Waals surface area (Å²) in [7, 11) is -0.483. The van der Waals surface area contributed by atoms with Crippen LogP contribution in [0.1, 0.15) is 43.7 Å². The van der Waals surface area contributed by atoms with Gasteiger partial charge in [-0.15, -0.1) is 0 Å². The van der Waals surface area contributed by atoms with Gasteiger partial charge in [0.2, 0.25) is 15.9 Å². The number of rotatable bonds is 12. The Morgan fingerprint density at radius 2 is 1.84 bits per heavy atom. The lowest BCUT2D eigenvalue weighted by atomic mass is 10.1. The summed E-state index contributed by atoms with van der Waals surface area (Å²) in [6, 6.07) is 12.1. The number of halogens is 1. The van der Waals surface area contributed by atoms with Crippen molar-refractivity contribution in [1.82, 2.24) is 9.62 Å². The average molecular weight is 467 g/mol. The molecule has 0 aliphatic heterocycles. The zero-order valence-electron chi connectivity index (χ0n) is 18.4. The van der Waals surface area contributed by atoms with Crippen LogP contribution in [0.15, 0.2) is 47.4 Å². The van der Waals surface area contributed by atoms with Crippen molar-refractivity contribution in [3.05, 3.63) is 58.6 Å². The Kier molecular flexibility index (Phi) is 9.81. The fourth-order valence-electron chi connectivity index (χ4n) is 3.27. The van der Waals surface area contributed by atoms with Crippen LogP contribution in [0.4, 0.5) is 0 Å². The van der Waals surface area contributed by atoms with E-state index in [4.69, 9.17) is 16.3 Å². The van der Waals surface area contributed by atoms with E-state index in [2.05, 4.69) is 11.6 Å². The van der Waals surface area contributed by atoms with Crippen LogP contribution in [-0.4, -0.2) is 39.9 Å².